The molecule has 0 atom stereocenters. The van der Waals surface area contributed by atoms with Crippen LogP contribution in [0.15, 0.2) is 10.7 Å². The number of rotatable bonds is 4. The van der Waals surface area contributed by atoms with Crippen molar-refractivity contribution < 1.29 is 0 Å². The minimum atomic E-state index is 0.738. The van der Waals surface area contributed by atoms with Crippen molar-refractivity contribution in [3.05, 3.63) is 10.7 Å². The lowest BCUT2D eigenvalue weighted by atomic mass is 10.1. The minimum Gasteiger partial charge on any atom is -0.356 e. The zero-order valence-electron chi connectivity index (χ0n) is 11.7. The maximum Gasteiger partial charge on any atom is 0.224 e. The predicted molar refractivity (Wildman–Crippen MR) is 83.8 cm³/mol. The van der Waals surface area contributed by atoms with Crippen LogP contribution in [0, 0.1) is 0 Å². The van der Waals surface area contributed by atoms with E-state index in [4.69, 9.17) is 0 Å². The Morgan fingerprint density at radius 1 is 1.21 bits per heavy atom. The highest BCUT2D eigenvalue weighted by Crippen LogP contribution is 2.26. The maximum absolute atomic E-state index is 4.66. The predicted octanol–water partition coefficient (Wildman–Crippen LogP) is 3.83. The molecule has 0 aromatic carbocycles. The van der Waals surface area contributed by atoms with Crippen molar-refractivity contribution in [1.29, 1.82) is 0 Å². The molecule has 1 fully saturated rings. The van der Waals surface area contributed by atoms with Crippen LogP contribution in [-0.2, 0) is 0 Å². The van der Waals surface area contributed by atoms with Crippen molar-refractivity contribution >= 4 is 27.7 Å². The number of hydrogen-bond donors (Lipinski definition) is 1. The molecular weight excluding hydrogens is 304 g/mol. The van der Waals surface area contributed by atoms with E-state index in [0.29, 0.717) is 0 Å². The molecule has 0 bridgehead atoms. The molecule has 0 unspecified atom stereocenters. The van der Waals surface area contributed by atoms with Crippen LogP contribution < -0.4 is 10.2 Å². The monoisotopic (exact) mass is 326 g/mol. The number of nitrogens with zero attached hydrogens (tertiary/aromatic N) is 3. The first-order chi connectivity index (χ1) is 9.31. The highest BCUT2D eigenvalue weighted by atomic mass is 79.9. The van der Waals surface area contributed by atoms with Gasteiger partial charge in [0.25, 0.3) is 0 Å². The molecule has 0 radical (unpaired) electrons. The SMILES string of the molecule is CCCNc1ncc(Br)c(N2CCCCCCC2)n1. The smallest absolute Gasteiger partial charge is 0.224 e. The minimum absolute atomic E-state index is 0.738. The van der Waals surface area contributed by atoms with E-state index < -0.39 is 0 Å². The first-order valence-electron chi connectivity index (χ1n) is 7.32. The number of anilines is 2. The van der Waals surface area contributed by atoms with Crippen LogP contribution in [0.2, 0.25) is 0 Å². The Morgan fingerprint density at radius 2 is 1.89 bits per heavy atom. The first-order valence-corrected chi connectivity index (χ1v) is 8.12. The molecule has 106 valence electrons. The zero-order valence-corrected chi connectivity index (χ0v) is 13.2. The van der Waals surface area contributed by atoms with Gasteiger partial charge in [0.15, 0.2) is 0 Å². The molecule has 4 nitrogen and oxygen atoms in total. The second-order valence-electron chi connectivity index (χ2n) is 5.05. The Balaban J connectivity index is 2.11. The molecule has 19 heavy (non-hydrogen) atoms. The summed E-state index contributed by atoms with van der Waals surface area (Å²) in [7, 11) is 0. The average Bonchev–Trinajstić information content (AvgIpc) is 2.38. The average molecular weight is 327 g/mol. The molecular formula is C14H23BrN4. The lowest BCUT2D eigenvalue weighted by Crippen LogP contribution is -2.28. The van der Waals surface area contributed by atoms with Crippen LogP contribution in [0.25, 0.3) is 0 Å². The Labute approximate surface area is 124 Å². The Bertz CT molecular complexity index is 389. The quantitative estimate of drug-likeness (QED) is 0.912. The zero-order chi connectivity index (χ0) is 13.5. The van der Waals surface area contributed by atoms with Gasteiger partial charge in [-0.1, -0.05) is 26.2 Å². The van der Waals surface area contributed by atoms with E-state index in [9.17, 15) is 0 Å². The molecule has 5 heteroatoms. The molecule has 2 rings (SSSR count). The number of halogens is 1. The lowest BCUT2D eigenvalue weighted by Gasteiger charge is -2.26. The Kier molecular flexibility index (Phi) is 5.89. The molecule has 2 heterocycles. The van der Waals surface area contributed by atoms with Crippen LogP contribution in [-0.4, -0.2) is 29.6 Å². The van der Waals surface area contributed by atoms with E-state index in [1.165, 1.54) is 32.1 Å². The van der Waals surface area contributed by atoms with Gasteiger partial charge in [-0.05, 0) is 35.2 Å². The molecule has 0 saturated carbocycles. The molecule has 0 spiro atoms. The summed E-state index contributed by atoms with van der Waals surface area (Å²) in [4.78, 5) is 11.4. The largest absolute Gasteiger partial charge is 0.356 e. The summed E-state index contributed by atoms with van der Waals surface area (Å²) in [6.45, 7) is 5.26. The molecule has 1 N–H and O–H groups in total. The number of nitrogens with one attached hydrogen (secondary N) is 1. The van der Waals surface area contributed by atoms with Crippen molar-refractivity contribution in [2.45, 2.75) is 45.4 Å². The van der Waals surface area contributed by atoms with Crippen LogP contribution in [0.4, 0.5) is 11.8 Å². The fourth-order valence-corrected chi connectivity index (χ4v) is 2.80. The molecule has 1 aromatic heterocycles. The summed E-state index contributed by atoms with van der Waals surface area (Å²) in [5.74, 6) is 1.78. The Morgan fingerprint density at radius 3 is 2.58 bits per heavy atom. The summed E-state index contributed by atoms with van der Waals surface area (Å²) in [6.07, 6.45) is 9.50. The van der Waals surface area contributed by atoms with Crippen molar-refractivity contribution in [2.24, 2.45) is 0 Å². The summed E-state index contributed by atoms with van der Waals surface area (Å²) < 4.78 is 0.995. The van der Waals surface area contributed by atoms with Gasteiger partial charge in [-0.25, -0.2) is 4.98 Å². The lowest BCUT2D eigenvalue weighted by molar-refractivity contribution is 0.553. The summed E-state index contributed by atoms with van der Waals surface area (Å²) >= 11 is 3.58. The third-order valence-corrected chi connectivity index (χ3v) is 3.97. The summed E-state index contributed by atoms with van der Waals surface area (Å²) in [6, 6.07) is 0. The molecule has 1 aromatic rings. The van der Waals surface area contributed by atoms with Crippen LogP contribution >= 0.6 is 15.9 Å². The van der Waals surface area contributed by atoms with Gasteiger partial charge in [0.1, 0.15) is 5.82 Å². The van der Waals surface area contributed by atoms with Gasteiger partial charge in [-0.2, -0.15) is 4.98 Å². The highest BCUT2D eigenvalue weighted by Gasteiger charge is 2.14. The fourth-order valence-electron chi connectivity index (χ4n) is 2.36. The van der Waals surface area contributed by atoms with E-state index in [1.807, 2.05) is 6.20 Å². The van der Waals surface area contributed by atoms with Gasteiger partial charge < -0.3 is 10.2 Å². The molecule has 1 aliphatic rings. The third kappa shape index (κ3) is 4.34. The van der Waals surface area contributed by atoms with E-state index >= 15 is 0 Å². The standard InChI is InChI=1S/C14H23BrN4/c1-2-8-16-14-17-11-12(15)13(18-14)19-9-6-4-3-5-7-10-19/h11H,2-10H2,1H3,(H,16,17,18). The second kappa shape index (κ2) is 7.68. The van der Waals surface area contributed by atoms with Crippen LogP contribution in [0.3, 0.4) is 0 Å². The fraction of sp³-hybridized carbons (Fsp3) is 0.714. The van der Waals surface area contributed by atoms with E-state index in [-0.39, 0.29) is 0 Å². The molecule has 0 amide bonds. The highest BCUT2D eigenvalue weighted by molar-refractivity contribution is 9.10. The number of hydrogen-bond acceptors (Lipinski definition) is 4. The van der Waals surface area contributed by atoms with E-state index in [0.717, 1.165) is 42.3 Å². The molecule has 1 saturated heterocycles. The number of aromatic nitrogens is 2. The van der Waals surface area contributed by atoms with E-state index in [2.05, 4.69) is 43.0 Å². The normalized spacial score (nSPS) is 16.8. The first kappa shape index (κ1) is 14.6. The summed E-state index contributed by atoms with van der Waals surface area (Å²) in [5.41, 5.74) is 0. The van der Waals surface area contributed by atoms with Gasteiger partial charge in [-0.15, -0.1) is 0 Å². The molecule has 1 aliphatic heterocycles. The third-order valence-electron chi connectivity index (χ3n) is 3.41. The van der Waals surface area contributed by atoms with Crippen molar-refractivity contribution in [2.75, 3.05) is 29.9 Å². The van der Waals surface area contributed by atoms with Crippen molar-refractivity contribution in [3.63, 3.8) is 0 Å². The topological polar surface area (TPSA) is 41.1 Å². The van der Waals surface area contributed by atoms with Gasteiger partial charge in [0.05, 0.1) is 4.47 Å². The van der Waals surface area contributed by atoms with Crippen LogP contribution in [0.1, 0.15) is 45.4 Å². The second-order valence-corrected chi connectivity index (χ2v) is 5.90. The van der Waals surface area contributed by atoms with Gasteiger partial charge in [0.2, 0.25) is 5.95 Å². The van der Waals surface area contributed by atoms with E-state index in [1.54, 1.807) is 0 Å². The Hall–Kier alpha value is -0.840. The summed E-state index contributed by atoms with van der Waals surface area (Å²) in [5, 5.41) is 3.26. The van der Waals surface area contributed by atoms with Gasteiger partial charge >= 0.3 is 0 Å². The molecule has 0 aliphatic carbocycles. The van der Waals surface area contributed by atoms with Crippen molar-refractivity contribution in [1.82, 2.24) is 9.97 Å². The van der Waals surface area contributed by atoms with Crippen molar-refractivity contribution in [3.8, 4) is 0 Å². The van der Waals surface area contributed by atoms with Crippen LogP contribution in [0.5, 0.6) is 0 Å². The van der Waals surface area contributed by atoms with Gasteiger partial charge in [0, 0.05) is 25.8 Å². The maximum atomic E-state index is 4.66. The van der Waals surface area contributed by atoms with Gasteiger partial charge in [-0.3, -0.25) is 0 Å².